The maximum atomic E-state index is 12.9. The summed E-state index contributed by atoms with van der Waals surface area (Å²) in [7, 11) is 0. The fourth-order valence-corrected chi connectivity index (χ4v) is 4.01. The van der Waals surface area contributed by atoms with Crippen LogP contribution in [0.5, 0.6) is 0 Å². The van der Waals surface area contributed by atoms with Crippen LogP contribution in [0.25, 0.3) is 10.6 Å². The third-order valence-corrected chi connectivity index (χ3v) is 5.48. The summed E-state index contributed by atoms with van der Waals surface area (Å²) < 4.78 is 81.5. The number of carbonyl (C=O) groups excluding carboxylic acids is 1. The first-order valence-corrected chi connectivity index (χ1v) is 8.79. The number of piperidine rings is 1. The van der Waals surface area contributed by atoms with Crippen molar-refractivity contribution in [3.05, 3.63) is 28.3 Å². The van der Waals surface area contributed by atoms with Gasteiger partial charge in [0.1, 0.15) is 5.69 Å². The van der Waals surface area contributed by atoms with Crippen molar-refractivity contribution in [2.45, 2.75) is 32.1 Å². The molecule has 1 aliphatic rings. The summed E-state index contributed by atoms with van der Waals surface area (Å²) in [6, 6.07) is 2.79. The quantitative estimate of drug-likeness (QED) is 0.642. The molecule has 0 aromatic carbocycles. The van der Waals surface area contributed by atoms with Crippen LogP contribution in [0.1, 0.15) is 33.8 Å². The monoisotopic (exact) mass is 412 g/mol. The first kappa shape index (κ1) is 19.7. The summed E-state index contributed by atoms with van der Waals surface area (Å²) in [4.78, 5) is 14.1. The maximum absolute atomic E-state index is 12.9. The minimum atomic E-state index is -4.69. The summed E-state index contributed by atoms with van der Waals surface area (Å²) in [6.45, 7) is 0.991. The summed E-state index contributed by atoms with van der Waals surface area (Å²) in [6.07, 6.45) is -8.84. The van der Waals surface area contributed by atoms with Crippen LogP contribution in [0.4, 0.5) is 26.3 Å². The summed E-state index contributed by atoms with van der Waals surface area (Å²) in [5.74, 6) is -3.36. The van der Waals surface area contributed by atoms with Gasteiger partial charge < -0.3 is 9.42 Å². The molecule has 1 unspecified atom stereocenters. The molecular weight excluding hydrogens is 398 g/mol. The van der Waals surface area contributed by atoms with E-state index < -0.39 is 36.5 Å². The van der Waals surface area contributed by atoms with Crippen LogP contribution >= 0.6 is 11.3 Å². The number of rotatable bonds is 2. The van der Waals surface area contributed by atoms with Gasteiger partial charge in [-0.05, 0) is 31.9 Å². The number of likely N-dealkylation sites (tertiary alicyclic amines) is 1. The van der Waals surface area contributed by atoms with E-state index in [1.807, 2.05) is 0 Å². The normalized spacial score (nSPS) is 18.8. The van der Waals surface area contributed by atoms with Crippen molar-refractivity contribution in [1.29, 1.82) is 0 Å². The molecule has 0 aliphatic carbocycles. The smallest absolute Gasteiger partial charge is 0.351 e. The number of halogens is 6. The lowest BCUT2D eigenvalue weighted by atomic mass is 9.97. The van der Waals surface area contributed by atoms with Gasteiger partial charge in [0.2, 0.25) is 5.76 Å². The van der Waals surface area contributed by atoms with E-state index in [0.29, 0.717) is 0 Å². The number of thiophene rings is 1. The lowest BCUT2D eigenvalue weighted by Gasteiger charge is -2.33. The van der Waals surface area contributed by atoms with Crippen molar-refractivity contribution < 1.29 is 35.7 Å². The minimum absolute atomic E-state index is 0.0265. The van der Waals surface area contributed by atoms with E-state index >= 15 is 0 Å². The average molecular weight is 412 g/mol. The molecule has 0 N–H and O–H groups in total. The molecule has 3 heterocycles. The summed E-state index contributed by atoms with van der Waals surface area (Å²) in [5.41, 5.74) is -0.253. The van der Waals surface area contributed by atoms with Gasteiger partial charge in [0.05, 0.1) is 15.7 Å². The molecular formula is C16H14F6N2O2S. The Morgan fingerprint density at radius 2 is 1.96 bits per heavy atom. The third kappa shape index (κ3) is 3.97. The highest BCUT2D eigenvalue weighted by molar-refractivity contribution is 7.17. The zero-order valence-electron chi connectivity index (χ0n) is 13.9. The number of hydrogen-bond donors (Lipinski definition) is 0. The number of aromatic nitrogens is 1. The predicted molar refractivity (Wildman–Crippen MR) is 84.2 cm³/mol. The number of hydrogen-bond acceptors (Lipinski definition) is 4. The molecule has 1 fully saturated rings. The van der Waals surface area contributed by atoms with E-state index in [1.54, 1.807) is 0 Å². The maximum Gasteiger partial charge on any atom is 0.452 e. The highest BCUT2D eigenvalue weighted by atomic mass is 32.1. The SMILES string of the molecule is Cc1c(-c2ccc(C(=O)N3CCCC(C(F)(F)F)C3)s2)noc1C(F)(F)F. The molecule has 0 saturated carbocycles. The topological polar surface area (TPSA) is 46.3 Å². The van der Waals surface area contributed by atoms with Crippen LogP contribution in [-0.4, -0.2) is 35.2 Å². The van der Waals surface area contributed by atoms with Crippen molar-refractivity contribution >= 4 is 17.2 Å². The minimum Gasteiger partial charge on any atom is -0.351 e. The Hall–Kier alpha value is -2.04. The molecule has 27 heavy (non-hydrogen) atoms. The van der Waals surface area contributed by atoms with Crippen molar-refractivity contribution in [1.82, 2.24) is 10.1 Å². The molecule has 148 valence electrons. The zero-order chi connectivity index (χ0) is 20.0. The second-order valence-corrected chi connectivity index (χ2v) is 7.36. The average Bonchev–Trinajstić information content (AvgIpc) is 3.19. The Balaban J connectivity index is 1.80. The molecule has 0 spiro atoms. The van der Waals surface area contributed by atoms with Crippen molar-refractivity contribution in [3.8, 4) is 10.6 Å². The second kappa shape index (κ2) is 6.84. The molecule has 1 aliphatic heterocycles. The Kier molecular flexibility index (Phi) is 5.00. The van der Waals surface area contributed by atoms with Crippen molar-refractivity contribution in [2.75, 3.05) is 13.1 Å². The third-order valence-electron chi connectivity index (χ3n) is 4.40. The van der Waals surface area contributed by atoms with Gasteiger partial charge in [0, 0.05) is 18.7 Å². The Morgan fingerprint density at radius 3 is 2.56 bits per heavy atom. The molecule has 0 bridgehead atoms. The van der Waals surface area contributed by atoms with Gasteiger partial charge in [-0.3, -0.25) is 4.79 Å². The summed E-state index contributed by atoms with van der Waals surface area (Å²) in [5, 5.41) is 3.42. The van der Waals surface area contributed by atoms with Gasteiger partial charge in [-0.2, -0.15) is 26.3 Å². The van der Waals surface area contributed by atoms with E-state index in [1.165, 1.54) is 19.1 Å². The molecule has 1 saturated heterocycles. The Morgan fingerprint density at radius 1 is 1.26 bits per heavy atom. The molecule has 4 nitrogen and oxygen atoms in total. The van der Waals surface area contributed by atoms with Crippen molar-refractivity contribution in [3.63, 3.8) is 0 Å². The van der Waals surface area contributed by atoms with Gasteiger partial charge in [0.15, 0.2) is 0 Å². The van der Waals surface area contributed by atoms with Crippen LogP contribution in [-0.2, 0) is 6.18 Å². The van der Waals surface area contributed by atoms with Crippen LogP contribution in [0.15, 0.2) is 16.7 Å². The molecule has 2 aromatic heterocycles. The fourth-order valence-electron chi connectivity index (χ4n) is 2.99. The van der Waals surface area contributed by atoms with E-state index in [2.05, 4.69) is 9.68 Å². The molecule has 0 radical (unpaired) electrons. The van der Waals surface area contributed by atoms with Crippen LogP contribution < -0.4 is 0 Å². The van der Waals surface area contributed by atoms with Crippen LogP contribution in [0, 0.1) is 12.8 Å². The fraction of sp³-hybridized carbons (Fsp3) is 0.500. The highest BCUT2D eigenvalue weighted by Gasteiger charge is 2.43. The van der Waals surface area contributed by atoms with Crippen molar-refractivity contribution in [2.24, 2.45) is 5.92 Å². The lowest BCUT2D eigenvalue weighted by molar-refractivity contribution is -0.184. The Bertz CT molecular complexity index is 839. The van der Waals surface area contributed by atoms with Gasteiger partial charge in [-0.1, -0.05) is 5.16 Å². The van der Waals surface area contributed by atoms with E-state index in [9.17, 15) is 31.1 Å². The lowest BCUT2D eigenvalue weighted by Crippen LogP contribution is -2.44. The zero-order valence-corrected chi connectivity index (χ0v) is 14.8. The second-order valence-electron chi connectivity index (χ2n) is 6.28. The van der Waals surface area contributed by atoms with E-state index in [-0.39, 0.29) is 40.4 Å². The first-order chi connectivity index (χ1) is 12.5. The molecule has 1 amide bonds. The standard InChI is InChI=1S/C16H14F6N2O2S/c1-8-12(23-26-13(8)16(20,21)22)10-4-5-11(27-10)14(25)24-6-2-3-9(7-24)15(17,18)19/h4-5,9H,2-3,6-7H2,1H3. The molecule has 2 aromatic rings. The number of alkyl halides is 6. The molecule has 3 rings (SSSR count). The van der Waals surface area contributed by atoms with E-state index in [0.717, 1.165) is 16.2 Å². The van der Waals surface area contributed by atoms with Crippen LogP contribution in [0.3, 0.4) is 0 Å². The van der Waals surface area contributed by atoms with Gasteiger partial charge in [-0.15, -0.1) is 11.3 Å². The van der Waals surface area contributed by atoms with Gasteiger partial charge in [-0.25, -0.2) is 0 Å². The molecule has 1 atom stereocenters. The van der Waals surface area contributed by atoms with Crippen LogP contribution in [0.2, 0.25) is 0 Å². The highest BCUT2D eigenvalue weighted by Crippen LogP contribution is 2.39. The Labute approximate surface area is 153 Å². The van der Waals surface area contributed by atoms with Gasteiger partial charge in [0.25, 0.3) is 5.91 Å². The largest absolute Gasteiger partial charge is 0.452 e. The number of carbonyl (C=O) groups is 1. The summed E-state index contributed by atoms with van der Waals surface area (Å²) >= 11 is 0.872. The van der Waals surface area contributed by atoms with Gasteiger partial charge >= 0.3 is 12.4 Å². The predicted octanol–water partition coefficient (Wildman–Crippen LogP) is 5.14. The number of nitrogens with zero attached hydrogens (tertiary/aromatic N) is 2. The molecule has 11 heteroatoms. The number of amides is 1. The first-order valence-electron chi connectivity index (χ1n) is 7.98. The van der Waals surface area contributed by atoms with E-state index in [4.69, 9.17) is 0 Å².